The van der Waals surface area contributed by atoms with E-state index >= 15 is 0 Å². The zero-order valence-electron chi connectivity index (χ0n) is 21.7. The van der Waals surface area contributed by atoms with Crippen molar-refractivity contribution in [3.05, 3.63) is 0 Å². The van der Waals surface area contributed by atoms with E-state index < -0.39 is 15.6 Å². The Morgan fingerprint density at radius 2 is 1.00 bits per heavy atom. The van der Waals surface area contributed by atoms with E-state index in [1.807, 2.05) is 0 Å². The van der Waals surface area contributed by atoms with Crippen molar-refractivity contribution in [1.82, 2.24) is 0 Å². The van der Waals surface area contributed by atoms with Crippen LogP contribution in [0.15, 0.2) is 0 Å². The molecule has 0 heterocycles. The molecule has 1 N–H and O–H groups in total. The third-order valence-corrected chi connectivity index (χ3v) is 8.04. The second-order valence-corrected chi connectivity index (χ2v) is 12.0. The van der Waals surface area contributed by atoms with E-state index in [1.54, 1.807) is 0 Å². The molecule has 0 aromatic carbocycles. The van der Waals surface area contributed by atoms with Crippen molar-refractivity contribution < 1.29 is 26.1 Å². The van der Waals surface area contributed by atoms with Crippen molar-refractivity contribution in [2.75, 3.05) is 0 Å². The highest BCUT2D eigenvalue weighted by Gasteiger charge is 2.44. The van der Waals surface area contributed by atoms with Crippen molar-refractivity contribution in [3.8, 4) is 0 Å². The molecule has 0 aliphatic heterocycles. The zero-order chi connectivity index (χ0) is 25.8. The first-order valence-electron chi connectivity index (χ1n) is 13.2. The van der Waals surface area contributed by atoms with E-state index in [1.165, 1.54) is 116 Å². The van der Waals surface area contributed by atoms with Crippen molar-refractivity contribution in [1.29, 1.82) is 0 Å². The van der Waals surface area contributed by atoms with E-state index in [0.29, 0.717) is 5.16 Å². The van der Waals surface area contributed by atoms with Crippen molar-refractivity contribution >= 4 is 19.4 Å². The fourth-order valence-electron chi connectivity index (χ4n) is 4.24. The van der Waals surface area contributed by atoms with Gasteiger partial charge in [0.1, 0.15) is 0 Å². The van der Waals surface area contributed by atoms with Crippen LogP contribution in [0.25, 0.3) is 0 Å². The molecule has 0 aliphatic rings. The molecule has 0 amide bonds. The van der Waals surface area contributed by atoms with Crippen LogP contribution in [0.5, 0.6) is 0 Å². The number of alkyl halides is 3. The van der Waals surface area contributed by atoms with Gasteiger partial charge < -0.3 is 0 Å². The lowest BCUT2D eigenvalue weighted by molar-refractivity contribution is -0.0510. The fourth-order valence-corrected chi connectivity index (χ4v) is 4.98. The minimum atomic E-state index is -5.84. The normalized spacial score (nSPS) is 13.5. The predicted molar refractivity (Wildman–Crippen MR) is 139 cm³/mol. The number of unbranched alkanes of at least 4 members (excludes halogenated alkanes) is 10. The average Bonchev–Trinajstić information content (AvgIpc) is 2.73. The van der Waals surface area contributed by atoms with Gasteiger partial charge in [0, 0.05) is 0 Å². The molecule has 2 atom stereocenters. The van der Waals surface area contributed by atoms with Gasteiger partial charge in [-0.05, 0) is 36.8 Å². The lowest BCUT2D eigenvalue weighted by Gasteiger charge is -2.39. The van der Waals surface area contributed by atoms with Crippen molar-refractivity contribution in [3.63, 3.8) is 0 Å². The molecule has 202 valence electrons. The Balaban J connectivity index is 0. The Labute approximate surface area is 205 Å². The van der Waals surface area contributed by atoms with E-state index in [-0.39, 0.29) is 0 Å². The van der Waals surface area contributed by atoms with Gasteiger partial charge in [-0.25, -0.2) is 0 Å². The molecule has 33 heavy (non-hydrogen) atoms. The van der Waals surface area contributed by atoms with Crippen LogP contribution < -0.4 is 0 Å². The summed E-state index contributed by atoms with van der Waals surface area (Å²) in [4.78, 5) is 0. The van der Waals surface area contributed by atoms with Gasteiger partial charge in [0.2, 0.25) is 0 Å². The molecular weight excluding hydrogens is 468 g/mol. The Bertz CT molecular complexity index is 532. The largest absolute Gasteiger partial charge is 0.522 e. The minimum absolute atomic E-state index is 0.530. The van der Waals surface area contributed by atoms with E-state index in [4.69, 9.17) is 13.0 Å². The molecule has 0 saturated heterocycles. The molecule has 0 aliphatic carbocycles. The second kappa shape index (κ2) is 20.3. The predicted octanol–water partition coefficient (Wildman–Crippen LogP) is 9.71. The van der Waals surface area contributed by atoms with E-state index in [9.17, 15) is 13.2 Å². The van der Waals surface area contributed by atoms with Gasteiger partial charge in [0.15, 0.2) is 0 Å². The van der Waals surface area contributed by atoms with Crippen LogP contribution in [-0.2, 0) is 10.1 Å². The molecule has 0 rings (SSSR count). The maximum absolute atomic E-state index is 10.7. The monoisotopic (exact) mass is 520 g/mol. The van der Waals surface area contributed by atoms with Gasteiger partial charge in [0.05, 0.1) is 0 Å². The van der Waals surface area contributed by atoms with E-state index in [2.05, 4.69) is 36.9 Å². The summed E-state index contributed by atoms with van der Waals surface area (Å²) in [6.45, 7) is 9.37. The molecule has 2 unspecified atom stereocenters. The Morgan fingerprint density at radius 1 is 0.667 bits per heavy atom. The standard InChI is InChI=1S/C24H51P.CHF3O3S/c1-5-9-13-14-15-16-17-18-20-23(19-10-6-2)24(25,21-11-7-3)22-12-8-4;2-1(3,4)8(5,6)7/h23H,5-22,25H2,1-4H3;(H,5,6,7). The Hall–Kier alpha value is 0.130. The summed E-state index contributed by atoms with van der Waals surface area (Å²) >= 11 is 0. The fraction of sp³-hybridized carbons (Fsp3) is 1.00. The summed E-state index contributed by atoms with van der Waals surface area (Å²) in [5.41, 5.74) is -5.53. The van der Waals surface area contributed by atoms with Crippen molar-refractivity contribution in [2.24, 2.45) is 5.92 Å². The highest BCUT2D eigenvalue weighted by atomic mass is 32.2. The molecule has 3 nitrogen and oxygen atoms in total. The van der Waals surface area contributed by atoms with Crippen LogP contribution in [0.3, 0.4) is 0 Å². The SMILES string of the molecule is CCCCCCCCCCC(CCCC)C(P)(CCCC)CCCC.O=S(=O)(O)C(F)(F)F. The van der Waals surface area contributed by atoms with Crippen LogP contribution in [-0.4, -0.2) is 23.6 Å². The molecule has 0 spiro atoms. The van der Waals surface area contributed by atoms with Gasteiger partial charge >= 0.3 is 15.6 Å². The summed E-state index contributed by atoms with van der Waals surface area (Å²) in [6.07, 6.45) is 25.7. The summed E-state index contributed by atoms with van der Waals surface area (Å²) in [7, 11) is -2.46. The Morgan fingerprint density at radius 3 is 1.36 bits per heavy atom. The number of rotatable bonds is 19. The molecular formula is C25H52F3O3PS. The minimum Gasteiger partial charge on any atom is -0.279 e. The Kier molecular flexibility index (Phi) is 21.7. The van der Waals surface area contributed by atoms with E-state index in [0.717, 1.165) is 5.92 Å². The molecule has 0 radical (unpaired) electrons. The van der Waals surface area contributed by atoms with Gasteiger partial charge in [-0.15, -0.1) is 9.24 Å². The highest BCUT2D eigenvalue weighted by molar-refractivity contribution is 7.86. The van der Waals surface area contributed by atoms with Gasteiger partial charge in [0.25, 0.3) is 0 Å². The van der Waals surface area contributed by atoms with Crippen molar-refractivity contribution in [2.45, 2.75) is 154 Å². The third-order valence-electron chi connectivity index (χ3n) is 6.41. The lowest BCUT2D eigenvalue weighted by atomic mass is 9.77. The van der Waals surface area contributed by atoms with Crippen LogP contribution in [0.1, 0.15) is 143 Å². The van der Waals surface area contributed by atoms with Crippen LogP contribution >= 0.6 is 9.24 Å². The first-order chi connectivity index (χ1) is 15.4. The molecule has 0 aromatic heterocycles. The summed E-state index contributed by atoms with van der Waals surface area (Å²) in [5.74, 6) is 0.940. The van der Waals surface area contributed by atoms with Gasteiger partial charge in [-0.2, -0.15) is 21.6 Å². The molecule has 0 bridgehead atoms. The van der Waals surface area contributed by atoms with Crippen LogP contribution in [0.2, 0.25) is 0 Å². The third kappa shape index (κ3) is 19.0. The second-order valence-electron chi connectivity index (χ2n) is 9.46. The topological polar surface area (TPSA) is 54.4 Å². The van der Waals surface area contributed by atoms with Gasteiger partial charge in [-0.3, -0.25) is 4.55 Å². The molecule has 0 fully saturated rings. The van der Waals surface area contributed by atoms with Crippen LogP contribution in [0, 0.1) is 5.92 Å². The first-order valence-corrected chi connectivity index (χ1v) is 15.2. The number of hydrogen-bond acceptors (Lipinski definition) is 2. The summed E-state index contributed by atoms with van der Waals surface area (Å²) in [5, 5.41) is 0.530. The quantitative estimate of drug-likeness (QED) is 0.0798. The smallest absolute Gasteiger partial charge is 0.279 e. The van der Waals surface area contributed by atoms with Gasteiger partial charge in [-0.1, -0.05) is 118 Å². The maximum Gasteiger partial charge on any atom is 0.522 e. The number of hydrogen-bond donors (Lipinski definition) is 1. The molecule has 0 saturated carbocycles. The first kappa shape index (κ1) is 35.3. The molecule has 0 aromatic rings. The number of halogens is 3. The average molecular weight is 521 g/mol. The summed E-state index contributed by atoms with van der Waals surface area (Å²) < 4.78 is 57.5. The maximum atomic E-state index is 10.7. The lowest BCUT2D eigenvalue weighted by Crippen LogP contribution is -2.32. The van der Waals surface area contributed by atoms with Crippen LogP contribution in [0.4, 0.5) is 13.2 Å². The highest BCUT2D eigenvalue weighted by Crippen LogP contribution is 2.43. The zero-order valence-corrected chi connectivity index (χ0v) is 23.7. The summed E-state index contributed by atoms with van der Waals surface area (Å²) in [6, 6.07) is 0. The molecule has 8 heteroatoms.